The molecule has 154 valence electrons. The van der Waals surface area contributed by atoms with E-state index >= 15 is 0 Å². The van der Waals surface area contributed by atoms with Crippen molar-refractivity contribution in [3.63, 3.8) is 0 Å². The average molecular weight is 411 g/mol. The molecule has 1 aromatic carbocycles. The summed E-state index contributed by atoms with van der Waals surface area (Å²) < 4.78 is 27.8. The van der Waals surface area contributed by atoms with Crippen molar-refractivity contribution in [2.24, 2.45) is 0 Å². The standard InChI is InChI=1S/C20H27ClN2O5/c1-7-13(11-24-3)23-15-10-12(2)22-20(18(15)27-6)28-19-16(25-4)9-8-14(21)17(19)26-5/h8-10,13H,7,11H2,1-6H3,(H,22,23). The van der Waals surface area contributed by atoms with Crippen molar-refractivity contribution in [1.82, 2.24) is 4.98 Å². The van der Waals surface area contributed by atoms with Crippen LogP contribution in [0.5, 0.6) is 28.9 Å². The lowest BCUT2D eigenvalue weighted by molar-refractivity contribution is 0.184. The first-order chi connectivity index (χ1) is 13.5. The number of pyridine rings is 1. The molecule has 2 aromatic rings. The van der Waals surface area contributed by atoms with Gasteiger partial charge in [-0.15, -0.1) is 0 Å². The van der Waals surface area contributed by atoms with Crippen LogP contribution in [-0.4, -0.2) is 46.1 Å². The van der Waals surface area contributed by atoms with E-state index in [0.717, 1.165) is 17.8 Å². The third-order valence-electron chi connectivity index (χ3n) is 4.15. The highest BCUT2D eigenvalue weighted by molar-refractivity contribution is 6.32. The third-order valence-corrected chi connectivity index (χ3v) is 4.44. The summed E-state index contributed by atoms with van der Waals surface area (Å²) in [5.41, 5.74) is 1.51. The maximum absolute atomic E-state index is 6.24. The van der Waals surface area contributed by atoms with Gasteiger partial charge in [0.1, 0.15) is 0 Å². The molecule has 8 heteroatoms. The first-order valence-electron chi connectivity index (χ1n) is 8.88. The largest absolute Gasteiger partial charge is 0.493 e. The van der Waals surface area contributed by atoms with Crippen LogP contribution < -0.4 is 24.3 Å². The van der Waals surface area contributed by atoms with Crippen LogP contribution in [0, 0.1) is 6.92 Å². The van der Waals surface area contributed by atoms with Gasteiger partial charge in [-0.1, -0.05) is 18.5 Å². The van der Waals surface area contributed by atoms with Gasteiger partial charge in [0.25, 0.3) is 5.88 Å². The molecule has 0 radical (unpaired) electrons. The minimum absolute atomic E-state index is 0.115. The molecule has 1 heterocycles. The van der Waals surface area contributed by atoms with E-state index < -0.39 is 0 Å². The van der Waals surface area contributed by atoms with Gasteiger partial charge in [-0.05, 0) is 31.5 Å². The van der Waals surface area contributed by atoms with Crippen molar-refractivity contribution in [2.45, 2.75) is 26.3 Å². The van der Waals surface area contributed by atoms with E-state index in [2.05, 4.69) is 17.2 Å². The Labute approximate surface area is 170 Å². The zero-order valence-electron chi connectivity index (χ0n) is 17.1. The van der Waals surface area contributed by atoms with Crippen LogP contribution in [0.15, 0.2) is 18.2 Å². The van der Waals surface area contributed by atoms with Gasteiger partial charge in [-0.25, -0.2) is 4.98 Å². The van der Waals surface area contributed by atoms with E-state index in [1.54, 1.807) is 33.5 Å². The number of hydrogen-bond acceptors (Lipinski definition) is 7. The molecule has 0 spiro atoms. The quantitative estimate of drug-likeness (QED) is 0.608. The first kappa shape index (κ1) is 21.9. The SMILES string of the molecule is CCC(COC)Nc1cc(C)nc(Oc2c(OC)ccc(Cl)c2OC)c1OC. The summed E-state index contributed by atoms with van der Waals surface area (Å²) in [6.07, 6.45) is 0.879. The smallest absolute Gasteiger partial charge is 0.265 e. The predicted octanol–water partition coefficient (Wildman–Crippen LogP) is 4.70. The lowest BCUT2D eigenvalue weighted by Crippen LogP contribution is -2.24. The van der Waals surface area contributed by atoms with Gasteiger partial charge in [0, 0.05) is 18.8 Å². The van der Waals surface area contributed by atoms with Crippen LogP contribution >= 0.6 is 11.6 Å². The summed E-state index contributed by atoms with van der Waals surface area (Å²) >= 11 is 6.24. The van der Waals surface area contributed by atoms with Gasteiger partial charge in [0.05, 0.1) is 38.6 Å². The van der Waals surface area contributed by atoms with Crippen molar-refractivity contribution in [3.8, 4) is 28.9 Å². The Morgan fingerprint density at radius 2 is 1.75 bits per heavy atom. The van der Waals surface area contributed by atoms with Crippen molar-refractivity contribution < 1.29 is 23.7 Å². The Morgan fingerprint density at radius 3 is 2.32 bits per heavy atom. The highest BCUT2D eigenvalue weighted by atomic mass is 35.5. The molecule has 0 saturated carbocycles. The molecule has 1 atom stereocenters. The van der Waals surface area contributed by atoms with Crippen molar-refractivity contribution in [3.05, 3.63) is 28.9 Å². The molecule has 1 aromatic heterocycles. The summed E-state index contributed by atoms with van der Waals surface area (Å²) in [5.74, 6) is 1.88. The van der Waals surface area contributed by atoms with Crippen LogP contribution in [0.25, 0.3) is 0 Å². The molecule has 0 bridgehead atoms. The van der Waals surface area contributed by atoms with Crippen LogP contribution in [-0.2, 0) is 4.74 Å². The zero-order chi connectivity index (χ0) is 20.7. The summed E-state index contributed by atoms with van der Waals surface area (Å²) in [5, 5.41) is 3.82. The van der Waals surface area contributed by atoms with E-state index in [1.807, 2.05) is 13.0 Å². The lowest BCUT2D eigenvalue weighted by atomic mass is 10.2. The minimum Gasteiger partial charge on any atom is -0.493 e. The number of nitrogens with one attached hydrogen (secondary N) is 1. The zero-order valence-corrected chi connectivity index (χ0v) is 17.8. The molecule has 0 aliphatic heterocycles. The molecule has 1 N–H and O–H groups in total. The molecule has 1 unspecified atom stereocenters. The molecular formula is C20H27ClN2O5. The summed E-state index contributed by atoms with van der Waals surface area (Å²) in [4.78, 5) is 4.49. The molecule has 0 amide bonds. The van der Waals surface area contributed by atoms with Gasteiger partial charge in [-0.3, -0.25) is 0 Å². The predicted molar refractivity (Wildman–Crippen MR) is 110 cm³/mol. The molecule has 0 aliphatic carbocycles. The lowest BCUT2D eigenvalue weighted by Gasteiger charge is -2.21. The van der Waals surface area contributed by atoms with Gasteiger partial charge in [0.2, 0.25) is 11.5 Å². The Bertz CT molecular complexity index is 801. The number of rotatable bonds is 10. The third kappa shape index (κ3) is 4.91. The minimum atomic E-state index is 0.115. The van der Waals surface area contributed by atoms with Gasteiger partial charge in [0.15, 0.2) is 11.5 Å². The molecule has 0 fully saturated rings. The highest BCUT2D eigenvalue weighted by Crippen LogP contribution is 2.47. The van der Waals surface area contributed by atoms with Crippen molar-refractivity contribution in [2.75, 3.05) is 40.4 Å². The fourth-order valence-corrected chi connectivity index (χ4v) is 2.98. The van der Waals surface area contributed by atoms with Crippen LogP contribution in [0.1, 0.15) is 19.0 Å². The fraction of sp³-hybridized carbons (Fsp3) is 0.450. The normalized spacial score (nSPS) is 11.7. The molecule has 7 nitrogen and oxygen atoms in total. The van der Waals surface area contributed by atoms with Crippen LogP contribution in [0.2, 0.25) is 5.02 Å². The van der Waals surface area contributed by atoms with E-state index in [4.69, 9.17) is 35.3 Å². The van der Waals surface area contributed by atoms with E-state index in [9.17, 15) is 0 Å². The van der Waals surface area contributed by atoms with E-state index in [1.165, 1.54) is 7.11 Å². The van der Waals surface area contributed by atoms with Crippen LogP contribution in [0.4, 0.5) is 5.69 Å². The van der Waals surface area contributed by atoms with E-state index in [0.29, 0.717) is 34.6 Å². The highest BCUT2D eigenvalue weighted by Gasteiger charge is 2.22. The number of aryl methyl sites for hydroxylation is 1. The number of hydrogen-bond donors (Lipinski definition) is 1. The van der Waals surface area contributed by atoms with Gasteiger partial charge < -0.3 is 29.0 Å². The number of ether oxygens (including phenoxy) is 5. The van der Waals surface area contributed by atoms with E-state index in [-0.39, 0.29) is 11.9 Å². The van der Waals surface area contributed by atoms with Gasteiger partial charge >= 0.3 is 0 Å². The summed E-state index contributed by atoms with van der Waals surface area (Å²) in [6, 6.07) is 5.39. The maximum Gasteiger partial charge on any atom is 0.265 e. The number of anilines is 1. The van der Waals surface area contributed by atoms with Crippen LogP contribution in [0.3, 0.4) is 0 Å². The number of nitrogens with zero attached hydrogens (tertiary/aromatic N) is 1. The monoisotopic (exact) mass is 410 g/mol. The second-order valence-electron chi connectivity index (χ2n) is 6.07. The second-order valence-corrected chi connectivity index (χ2v) is 6.48. The molecule has 28 heavy (non-hydrogen) atoms. The number of methoxy groups -OCH3 is 4. The fourth-order valence-electron chi connectivity index (χ4n) is 2.75. The Morgan fingerprint density at radius 1 is 1.04 bits per heavy atom. The number of benzene rings is 1. The van der Waals surface area contributed by atoms with Crippen molar-refractivity contribution >= 4 is 17.3 Å². The molecule has 0 saturated heterocycles. The second kappa shape index (κ2) is 10.2. The molecular weight excluding hydrogens is 384 g/mol. The summed E-state index contributed by atoms with van der Waals surface area (Å²) in [6.45, 7) is 4.52. The summed E-state index contributed by atoms with van der Waals surface area (Å²) in [7, 11) is 6.29. The van der Waals surface area contributed by atoms with Gasteiger partial charge in [-0.2, -0.15) is 0 Å². The number of aromatic nitrogens is 1. The molecule has 0 aliphatic rings. The number of halogens is 1. The average Bonchev–Trinajstić information content (AvgIpc) is 2.68. The maximum atomic E-state index is 6.24. The van der Waals surface area contributed by atoms with Crippen molar-refractivity contribution in [1.29, 1.82) is 0 Å². The Hall–Kier alpha value is -2.38. The Kier molecular flexibility index (Phi) is 8.02. The topological polar surface area (TPSA) is 71.1 Å². The molecule has 2 rings (SSSR count). The Balaban J connectivity index is 2.51. The first-order valence-corrected chi connectivity index (χ1v) is 9.26.